The van der Waals surface area contributed by atoms with Crippen molar-refractivity contribution in [2.24, 2.45) is 0 Å². The van der Waals surface area contributed by atoms with Crippen molar-refractivity contribution in [3.05, 3.63) is 53.6 Å². The van der Waals surface area contributed by atoms with Gasteiger partial charge in [0, 0.05) is 38.8 Å². The van der Waals surface area contributed by atoms with Crippen LogP contribution in [0.25, 0.3) is 0 Å². The van der Waals surface area contributed by atoms with Crippen LogP contribution in [-0.2, 0) is 16.6 Å². The summed E-state index contributed by atoms with van der Waals surface area (Å²) >= 11 is 0. The predicted molar refractivity (Wildman–Crippen MR) is 105 cm³/mol. The van der Waals surface area contributed by atoms with Crippen LogP contribution in [0.3, 0.4) is 0 Å². The average molecular weight is 401 g/mol. The van der Waals surface area contributed by atoms with E-state index in [0.717, 1.165) is 5.56 Å². The molecule has 148 valence electrons. The fourth-order valence-electron chi connectivity index (χ4n) is 3.25. The molecule has 1 aliphatic rings. The van der Waals surface area contributed by atoms with Gasteiger partial charge in [-0.1, -0.05) is 12.1 Å². The van der Waals surface area contributed by atoms with Gasteiger partial charge in [0.2, 0.25) is 10.0 Å². The van der Waals surface area contributed by atoms with Gasteiger partial charge in [0.05, 0.1) is 30.7 Å². The van der Waals surface area contributed by atoms with Crippen molar-refractivity contribution in [2.45, 2.75) is 11.4 Å². The summed E-state index contributed by atoms with van der Waals surface area (Å²) in [6, 6.07) is 14.3. The molecule has 1 saturated heterocycles. The zero-order chi connectivity index (χ0) is 20.1. The Morgan fingerprint density at radius 1 is 1.00 bits per heavy atom. The lowest BCUT2D eigenvalue weighted by molar-refractivity contribution is 0.181. The third-order valence-electron chi connectivity index (χ3n) is 4.79. The zero-order valence-corrected chi connectivity index (χ0v) is 16.8. The smallest absolute Gasteiger partial charge is 0.243 e. The van der Waals surface area contributed by atoms with E-state index in [-0.39, 0.29) is 4.90 Å². The Hall–Kier alpha value is -2.60. The van der Waals surface area contributed by atoms with Gasteiger partial charge in [0.15, 0.2) is 11.5 Å². The molecule has 1 heterocycles. The average Bonchev–Trinajstić information content (AvgIpc) is 2.73. The van der Waals surface area contributed by atoms with Gasteiger partial charge in [0.1, 0.15) is 0 Å². The molecule has 0 aromatic heterocycles. The Morgan fingerprint density at radius 2 is 1.71 bits per heavy atom. The molecule has 0 amide bonds. The maximum absolute atomic E-state index is 13.0. The molecule has 7 nitrogen and oxygen atoms in total. The van der Waals surface area contributed by atoms with Gasteiger partial charge in [-0.3, -0.25) is 4.90 Å². The van der Waals surface area contributed by atoms with E-state index >= 15 is 0 Å². The number of benzene rings is 2. The standard InChI is InChI=1S/C20H23N3O4S/c1-26-19-7-6-18(13-20(19)27-2)28(24,25)23-10-8-22(9-11-23)15-17-5-3-4-16(12-17)14-21/h3-7,12-13H,8-11,15H2,1-2H3. The molecule has 2 aromatic rings. The molecule has 1 aliphatic heterocycles. The lowest BCUT2D eigenvalue weighted by atomic mass is 10.1. The summed E-state index contributed by atoms with van der Waals surface area (Å²) in [7, 11) is -0.607. The van der Waals surface area contributed by atoms with Crippen molar-refractivity contribution >= 4 is 10.0 Å². The van der Waals surface area contributed by atoms with Crippen molar-refractivity contribution < 1.29 is 17.9 Å². The summed E-state index contributed by atoms with van der Waals surface area (Å²) in [5.41, 5.74) is 1.68. The predicted octanol–water partition coefficient (Wildman–Crippen LogP) is 2.08. The molecular weight excluding hydrogens is 378 g/mol. The van der Waals surface area contributed by atoms with Crippen LogP contribution in [0.5, 0.6) is 11.5 Å². The highest BCUT2D eigenvalue weighted by molar-refractivity contribution is 7.89. The monoisotopic (exact) mass is 401 g/mol. The molecule has 0 N–H and O–H groups in total. The van der Waals surface area contributed by atoms with Crippen molar-refractivity contribution in [1.29, 1.82) is 5.26 Å². The third kappa shape index (κ3) is 4.28. The lowest BCUT2D eigenvalue weighted by Crippen LogP contribution is -2.48. The number of rotatable bonds is 6. The molecule has 0 radical (unpaired) electrons. The van der Waals surface area contributed by atoms with Crippen LogP contribution in [0, 0.1) is 11.3 Å². The molecule has 0 aliphatic carbocycles. The summed E-state index contributed by atoms with van der Waals surface area (Å²) < 4.78 is 37.9. The second kappa shape index (κ2) is 8.61. The SMILES string of the molecule is COc1ccc(S(=O)(=O)N2CCN(Cc3cccc(C#N)c3)CC2)cc1OC. The molecular formula is C20H23N3O4S. The minimum Gasteiger partial charge on any atom is -0.493 e. The Labute approximate surface area is 165 Å². The fourth-order valence-corrected chi connectivity index (χ4v) is 4.69. The van der Waals surface area contributed by atoms with Gasteiger partial charge < -0.3 is 9.47 Å². The molecule has 1 fully saturated rings. The second-order valence-corrected chi connectivity index (χ2v) is 8.45. The van der Waals surface area contributed by atoms with Crippen molar-refractivity contribution in [2.75, 3.05) is 40.4 Å². The van der Waals surface area contributed by atoms with E-state index in [4.69, 9.17) is 14.7 Å². The molecule has 0 saturated carbocycles. The number of sulfonamides is 1. The highest BCUT2D eigenvalue weighted by atomic mass is 32.2. The van der Waals surface area contributed by atoms with E-state index in [1.807, 2.05) is 18.2 Å². The fraction of sp³-hybridized carbons (Fsp3) is 0.350. The molecule has 8 heteroatoms. The quantitative estimate of drug-likeness (QED) is 0.737. The zero-order valence-electron chi connectivity index (χ0n) is 16.0. The Morgan fingerprint density at radius 3 is 2.36 bits per heavy atom. The van der Waals surface area contributed by atoms with Crippen LogP contribution in [0.1, 0.15) is 11.1 Å². The van der Waals surface area contributed by atoms with Crippen LogP contribution in [0.15, 0.2) is 47.4 Å². The van der Waals surface area contributed by atoms with Gasteiger partial charge in [-0.2, -0.15) is 9.57 Å². The maximum atomic E-state index is 13.0. The van der Waals surface area contributed by atoms with Crippen molar-refractivity contribution in [3.63, 3.8) is 0 Å². The third-order valence-corrected chi connectivity index (χ3v) is 6.68. The number of piperazine rings is 1. The number of hydrogen-bond donors (Lipinski definition) is 0. The lowest BCUT2D eigenvalue weighted by Gasteiger charge is -2.34. The summed E-state index contributed by atoms with van der Waals surface area (Å²) in [6.07, 6.45) is 0. The first kappa shape index (κ1) is 20.1. The van der Waals surface area contributed by atoms with Crippen LogP contribution < -0.4 is 9.47 Å². The molecule has 3 rings (SSSR count). The minimum atomic E-state index is -3.60. The van der Waals surface area contributed by atoms with Gasteiger partial charge in [-0.05, 0) is 29.8 Å². The Bertz CT molecular complexity index is 977. The number of ether oxygens (including phenoxy) is 2. The summed E-state index contributed by atoms with van der Waals surface area (Å²) in [5.74, 6) is 0.880. The first-order valence-corrected chi connectivity index (χ1v) is 10.4. The molecule has 0 unspecified atom stereocenters. The van der Waals surface area contributed by atoms with Gasteiger partial charge in [-0.15, -0.1) is 0 Å². The van der Waals surface area contributed by atoms with Crippen molar-refractivity contribution in [3.8, 4) is 17.6 Å². The summed E-state index contributed by atoms with van der Waals surface area (Å²) in [5, 5.41) is 9.02. The number of methoxy groups -OCH3 is 2. The number of nitriles is 1. The molecule has 2 aromatic carbocycles. The second-order valence-electron chi connectivity index (χ2n) is 6.51. The summed E-state index contributed by atoms with van der Waals surface area (Å²) in [6.45, 7) is 2.77. The van der Waals surface area contributed by atoms with E-state index in [1.54, 1.807) is 12.1 Å². The first-order chi connectivity index (χ1) is 13.5. The maximum Gasteiger partial charge on any atom is 0.243 e. The van der Waals surface area contributed by atoms with Crippen LogP contribution in [0.2, 0.25) is 0 Å². The molecule has 28 heavy (non-hydrogen) atoms. The van der Waals surface area contributed by atoms with E-state index in [9.17, 15) is 8.42 Å². The van der Waals surface area contributed by atoms with Crippen LogP contribution in [-0.4, -0.2) is 58.0 Å². The molecule has 0 atom stereocenters. The van der Waals surface area contributed by atoms with E-state index in [2.05, 4.69) is 11.0 Å². The van der Waals surface area contributed by atoms with Gasteiger partial charge >= 0.3 is 0 Å². The topological polar surface area (TPSA) is 82.9 Å². The minimum absolute atomic E-state index is 0.195. The van der Waals surface area contributed by atoms with Crippen LogP contribution in [0.4, 0.5) is 0 Å². The Balaban J connectivity index is 1.67. The first-order valence-electron chi connectivity index (χ1n) is 8.91. The number of hydrogen-bond acceptors (Lipinski definition) is 6. The largest absolute Gasteiger partial charge is 0.493 e. The normalized spacial score (nSPS) is 15.8. The molecule has 0 spiro atoms. The van der Waals surface area contributed by atoms with E-state index < -0.39 is 10.0 Å². The highest BCUT2D eigenvalue weighted by Gasteiger charge is 2.29. The van der Waals surface area contributed by atoms with E-state index in [1.165, 1.54) is 30.7 Å². The highest BCUT2D eigenvalue weighted by Crippen LogP contribution is 2.31. The number of nitrogens with zero attached hydrogens (tertiary/aromatic N) is 3. The summed E-state index contributed by atoms with van der Waals surface area (Å²) in [4.78, 5) is 2.39. The van der Waals surface area contributed by atoms with Gasteiger partial charge in [-0.25, -0.2) is 8.42 Å². The Kier molecular flexibility index (Phi) is 6.19. The van der Waals surface area contributed by atoms with Crippen molar-refractivity contribution in [1.82, 2.24) is 9.21 Å². The van der Waals surface area contributed by atoms with Crippen LogP contribution >= 0.6 is 0 Å². The van der Waals surface area contributed by atoms with E-state index in [0.29, 0.717) is 49.8 Å². The molecule has 0 bridgehead atoms. The van der Waals surface area contributed by atoms with Gasteiger partial charge in [0.25, 0.3) is 0 Å².